The van der Waals surface area contributed by atoms with Gasteiger partial charge in [0.1, 0.15) is 0 Å². The van der Waals surface area contributed by atoms with Crippen molar-refractivity contribution in [1.82, 2.24) is 10.2 Å². The van der Waals surface area contributed by atoms with Gasteiger partial charge in [0, 0.05) is 25.7 Å². The summed E-state index contributed by atoms with van der Waals surface area (Å²) < 4.78 is 5.75. The number of rotatable bonds is 5. The molecular formula is C16H32N2O2. The van der Waals surface area contributed by atoms with Crippen LogP contribution in [0.5, 0.6) is 0 Å². The summed E-state index contributed by atoms with van der Waals surface area (Å²) in [6.45, 7) is 8.58. The number of nitrogens with zero attached hydrogens (tertiary/aromatic N) is 1. The third-order valence-electron chi connectivity index (χ3n) is 4.72. The van der Waals surface area contributed by atoms with Gasteiger partial charge in [0.15, 0.2) is 0 Å². The molecule has 4 unspecified atom stereocenters. The Hall–Kier alpha value is -0.160. The molecule has 20 heavy (non-hydrogen) atoms. The smallest absolute Gasteiger partial charge is 0.0936 e. The van der Waals surface area contributed by atoms with Gasteiger partial charge in [-0.25, -0.2) is 0 Å². The summed E-state index contributed by atoms with van der Waals surface area (Å²) in [6, 6.07) is 0.674. The van der Waals surface area contributed by atoms with Crippen LogP contribution in [-0.4, -0.2) is 61.0 Å². The Morgan fingerprint density at radius 1 is 1.20 bits per heavy atom. The average molecular weight is 284 g/mol. The zero-order valence-electron chi connectivity index (χ0n) is 13.2. The molecule has 1 heterocycles. The topological polar surface area (TPSA) is 44.7 Å². The van der Waals surface area contributed by atoms with E-state index in [1.165, 1.54) is 32.1 Å². The third kappa shape index (κ3) is 4.69. The van der Waals surface area contributed by atoms with Crippen molar-refractivity contribution in [2.75, 3.05) is 32.8 Å². The average Bonchev–Trinajstić information content (AvgIpc) is 2.64. The van der Waals surface area contributed by atoms with Crippen molar-refractivity contribution < 1.29 is 9.84 Å². The fourth-order valence-corrected chi connectivity index (χ4v) is 3.86. The van der Waals surface area contributed by atoms with Gasteiger partial charge in [-0.1, -0.05) is 26.2 Å². The van der Waals surface area contributed by atoms with Crippen LogP contribution in [0.15, 0.2) is 0 Å². The highest BCUT2D eigenvalue weighted by molar-refractivity contribution is 4.84. The molecule has 0 spiro atoms. The second kappa shape index (κ2) is 8.32. The predicted octanol–water partition coefficient (Wildman–Crippen LogP) is 1.63. The number of hydrogen-bond acceptors (Lipinski definition) is 4. The molecule has 0 bridgehead atoms. The van der Waals surface area contributed by atoms with E-state index in [2.05, 4.69) is 24.1 Å². The van der Waals surface area contributed by atoms with E-state index in [1.54, 1.807) is 0 Å². The molecule has 0 aromatic heterocycles. The van der Waals surface area contributed by atoms with Crippen LogP contribution in [0.25, 0.3) is 0 Å². The molecular weight excluding hydrogens is 252 g/mol. The van der Waals surface area contributed by atoms with Gasteiger partial charge in [-0.05, 0) is 32.2 Å². The van der Waals surface area contributed by atoms with Crippen molar-refractivity contribution in [1.29, 1.82) is 0 Å². The zero-order chi connectivity index (χ0) is 14.4. The lowest BCUT2D eigenvalue weighted by atomic mass is 9.93. The zero-order valence-corrected chi connectivity index (χ0v) is 13.2. The van der Waals surface area contributed by atoms with Crippen LogP contribution >= 0.6 is 0 Å². The molecule has 118 valence electrons. The quantitative estimate of drug-likeness (QED) is 0.753. The second-order valence-corrected chi connectivity index (χ2v) is 6.53. The van der Waals surface area contributed by atoms with Crippen LogP contribution in [-0.2, 0) is 4.74 Å². The highest BCUT2D eigenvalue weighted by atomic mass is 16.5. The molecule has 0 radical (unpaired) electrons. The van der Waals surface area contributed by atoms with Crippen molar-refractivity contribution >= 4 is 0 Å². The largest absolute Gasteiger partial charge is 0.394 e. The van der Waals surface area contributed by atoms with Crippen molar-refractivity contribution in [3.63, 3.8) is 0 Å². The van der Waals surface area contributed by atoms with Gasteiger partial charge in [0.2, 0.25) is 0 Å². The fourth-order valence-electron chi connectivity index (χ4n) is 3.86. The number of morpholine rings is 1. The van der Waals surface area contributed by atoms with Crippen LogP contribution in [0.1, 0.15) is 46.0 Å². The van der Waals surface area contributed by atoms with Crippen LogP contribution in [0.4, 0.5) is 0 Å². The van der Waals surface area contributed by atoms with Crippen molar-refractivity contribution in [2.45, 2.75) is 64.2 Å². The molecule has 0 amide bonds. The molecule has 4 nitrogen and oxygen atoms in total. The number of aliphatic hydroxyl groups is 1. The molecule has 4 heteroatoms. The normalized spacial score (nSPS) is 36.8. The Morgan fingerprint density at radius 2 is 2.00 bits per heavy atom. The van der Waals surface area contributed by atoms with Gasteiger partial charge in [0.25, 0.3) is 0 Å². The standard InChI is InChI=1S/C16H32N2O2/c1-3-17-16-8-6-4-5-7-14(16)10-18-9-13(2)20-15(11-18)12-19/h13-17,19H,3-12H2,1-2H3. The first-order valence-electron chi connectivity index (χ1n) is 8.45. The van der Waals surface area contributed by atoms with E-state index in [0.717, 1.165) is 32.1 Å². The molecule has 1 saturated heterocycles. The monoisotopic (exact) mass is 284 g/mol. The van der Waals surface area contributed by atoms with Crippen LogP contribution in [0.3, 0.4) is 0 Å². The third-order valence-corrected chi connectivity index (χ3v) is 4.72. The lowest BCUT2D eigenvalue weighted by molar-refractivity contribution is -0.0987. The van der Waals surface area contributed by atoms with Crippen molar-refractivity contribution in [3.05, 3.63) is 0 Å². The van der Waals surface area contributed by atoms with Crippen LogP contribution in [0, 0.1) is 5.92 Å². The lowest BCUT2D eigenvalue weighted by Gasteiger charge is -2.39. The first-order chi connectivity index (χ1) is 9.72. The summed E-state index contributed by atoms with van der Waals surface area (Å²) in [7, 11) is 0. The Kier molecular flexibility index (Phi) is 6.75. The summed E-state index contributed by atoms with van der Waals surface area (Å²) in [4.78, 5) is 2.51. The maximum absolute atomic E-state index is 9.35. The van der Waals surface area contributed by atoms with Gasteiger partial charge >= 0.3 is 0 Å². The fraction of sp³-hybridized carbons (Fsp3) is 1.00. The number of ether oxygens (including phenoxy) is 1. The van der Waals surface area contributed by atoms with E-state index in [0.29, 0.717) is 6.04 Å². The van der Waals surface area contributed by atoms with E-state index in [-0.39, 0.29) is 18.8 Å². The highest BCUT2D eigenvalue weighted by Crippen LogP contribution is 2.25. The summed E-state index contributed by atoms with van der Waals surface area (Å²) in [5.41, 5.74) is 0. The van der Waals surface area contributed by atoms with Gasteiger partial charge < -0.3 is 15.2 Å². The minimum atomic E-state index is 0.00196. The van der Waals surface area contributed by atoms with E-state index >= 15 is 0 Å². The van der Waals surface area contributed by atoms with Crippen molar-refractivity contribution in [3.8, 4) is 0 Å². The molecule has 2 rings (SSSR count). The van der Waals surface area contributed by atoms with E-state index in [9.17, 15) is 5.11 Å². The van der Waals surface area contributed by atoms with Crippen molar-refractivity contribution in [2.24, 2.45) is 5.92 Å². The summed E-state index contributed by atoms with van der Waals surface area (Å²) in [6.07, 6.45) is 7.03. The van der Waals surface area contributed by atoms with Crippen LogP contribution in [0.2, 0.25) is 0 Å². The van der Waals surface area contributed by atoms with Gasteiger partial charge in [-0.15, -0.1) is 0 Å². The Morgan fingerprint density at radius 3 is 2.75 bits per heavy atom. The summed E-state index contributed by atoms with van der Waals surface area (Å²) in [5.74, 6) is 0.752. The minimum absolute atomic E-state index is 0.00196. The van der Waals surface area contributed by atoms with Gasteiger partial charge in [-0.2, -0.15) is 0 Å². The SMILES string of the molecule is CCNC1CCCCCC1CN1CC(C)OC(CO)C1. The molecule has 2 aliphatic rings. The molecule has 2 N–H and O–H groups in total. The molecule has 0 aromatic rings. The maximum atomic E-state index is 9.35. The molecule has 4 atom stereocenters. The van der Waals surface area contributed by atoms with E-state index in [4.69, 9.17) is 4.74 Å². The Labute approximate surface area is 123 Å². The number of nitrogens with one attached hydrogen (secondary N) is 1. The second-order valence-electron chi connectivity index (χ2n) is 6.53. The molecule has 0 aromatic carbocycles. The Balaban J connectivity index is 1.91. The molecule has 2 fully saturated rings. The number of hydrogen-bond donors (Lipinski definition) is 2. The molecule has 1 aliphatic carbocycles. The first kappa shape index (κ1) is 16.2. The van der Waals surface area contributed by atoms with Gasteiger partial charge in [-0.3, -0.25) is 4.90 Å². The predicted molar refractivity (Wildman–Crippen MR) is 81.9 cm³/mol. The van der Waals surface area contributed by atoms with E-state index < -0.39 is 0 Å². The summed E-state index contributed by atoms with van der Waals surface area (Å²) >= 11 is 0. The van der Waals surface area contributed by atoms with Gasteiger partial charge in [0.05, 0.1) is 18.8 Å². The maximum Gasteiger partial charge on any atom is 0.0936 e. The molecule has 1 saturated carbocycles. The first-order valence-corrected chi connectivity index (χ1v) is 8.45. The number of aliphatic hydroxyl groups excluding tert-OH is 1. The molecule has 1 aliphatic heterocycles. The Bertz CT molecular complexity index is 275. The lowest BCUT2D eigenvalue weighted by Crippen LogP contribution is -2.51. The highest BCUT2D eigenvalue weighted by Gasteiger charge is 2.29. The van der Waals surface area contributed by atoms with Crippen LogP contribution < -0.4 is 5.32 Å². The van der Waals surface area contributed by atoms with E-state index in [1.807, 2.05) is 0 Å². The minimum Gasteiger partial charge on any atom is -0.394 e. The summed E-state index contributed by atoms with van der Waals surface area (Å²) in [5, 5.41) is 13.0.